The highest BCUT2D eigenvalue weighted by Gasteiger charge is 2.17. The molecule has 1 aromatic rings. The Hall–Kier alpha value is -1.03. The Labute approximate surface area is 110 Å². The van der Waals surface area contributed by atoms with Crippen molar-refractivity contribution in [1.82, 2.24) is 4.90 Å². The van der Waals surface area contributed by atoms with Crippen molar-refractivity contribution in [2.75, 3.05) is 25.0 Å². The lowest BCUT2D eigenvalue weighted by Crippen LogP contribution is -2.32. The Morgan fingerprint density at radius 1 is 1.41 bits per heavy atom. The van der Waals surface area contributed by atoms with Gasteiger partial charge in [-0.05, 0) is 43.5 Å². The molecule has 1 aliphatic rings. The van der Waals surface area contributed by atoms with E-state index in [1.54, 1.807) is 0 Å². The van der Waals surface area contributed by atoms with Gasteiger partial charge in [-0.25, -0.2) is 0 Å². The van der Waals surface area contributed by atoms with E-state index in [2.05, 4.69) is 21.2 Å². The van der Waals surface area contributed by atoms with Crippen LogP contribution in [0.1, 0.15) is 18.4 Å². The van der Waals surface area contributed by atoms with Crippen LogP contribution < -0.4 is 5.32 Å². The summed E-state index contributed by atoms with van der Waals surface area (Å²) in [5.74, 6) is 0.197. The summed E-state index contributed by atoms with van der Waals surface area (Å²) in [7, 11) is 0. The molecule has 1 saturated heterocycles. The van der Waals surface area contributed by atoms with E-state index in [0.717, 1.165) is 36.1 Å². The number of carbonyl (C=O) groups excluding carboxylic acids is 1. The number of carbonyl (C=O) groups is 1. The van der Waals surface area contributed by atoms with Gasteiger partial charge < -0.3 is 10.2 Å². The zero-order valence-electron chi connectivity index (χ0n) is 10.0. The van der Waals surface area contributed by atoms with Gasteiger partial charge in [-0.1, -0.05) is 15.9 Å². The van der Waals surface area contributed by atoms with Gasteiger partial charge in [0, 0.05) is 23.2 Å². The van der Waals surface area contributed by atoms with Crippen LogP contribution in [-0.4, -0.2) is 30.4 Å². The van der Waals surface area contributed by atoms with Gasteiger partial charge in [0.15, 0.2) is 0 Å². The van der Waals surface area contributed by atoms with Gasteiger partial charge in [-0.15, -0.1) is 0 Å². The minimum absolute atomic E-state index is 0.197. The predicted molar refractivity (Wildman–Crippen MR) is 73.2 cm³/mol. The first-order chi connectivity index (χ1) is 8.16. The zero-order chi connectivity index (χ0) is 12.3. The van der Waals surface area contributed by atoms with Crippen LogP contribution in [0.2, 0.25) is 0 Å². The number of halogens is 1. The van der Waals surface area contributed by atoms with Crippen molar-refractivity contribution in [3.8, 4) is 0 Å². The third-order valence-electron chi connectivity index (χ3n) is 3.06. The number of amides is 1. The van der Waals surface area contributed by atoms with Gasteiger partial charge in [-0.3, -0.25) is 4.79 Å². The van der Waals surface area contributed by atoms with Crippen molar-refractivity contribution in [2.45, 2.75) is 19.8 Å². The number of hydrogen-bond acceptors (Lipinski definition) is 2. The molecule has 0 aromatic heterocycles. The molecule has 1 N–H and O–H groups in total. The zero-order valence-corrected chi connectivity index (χ0v) is 11.6. The molecule has 1 amide bonds. The van der Waals surface area contributed by atoms with Crippen LogP contribution in [0, 0.1) is 6.92 Å². The quantitative estimate of drug-likeness (QED) is 0.930. The molecule has 0 bridgehead atoms. The number of nitrogens with zero attached hydrogens (tertiary/aromatic N) is 1. The SMILES string of the molecule is Cc1cc(NCC(=O)N2CCCC2)ccc1Br. The second kappa shape index (κ2) is 5.54. The number of likely N-dealkylation sites (tertiary alicyclic amines) is 1. The largest absolute Gasteiger partial charge is 0.376 e. The molecular formula is C13H17BrN2O. The maximum atomic E-state index is 11.8. The number of nitrogens with one attached hydrogen (secondary N) is 1. The summed E-state index contributed by atoms with van der Waals surface area (Å²) >= 11 is 3.46. The Kier molecular flexibility index (Phi) is 4.05. The molecule has 17 heavy (non-hydrogen) atoms. The van der Waals surface area contributed by atoms with Gasteiger partial charge in [0.25, 0.3) is 0 Å². The van der Waals surface area contributed by atoms with Crippen molar-refractivity contribution in [2.24, 2.45) is 0 Å². The lowest BCUT2D eigenvalue weighted by atomic mass is 10.2. The summed E-state index contributed by atoms with van der Waals surface area (Å²) in [4.78, 5) is 13.8. The molecule has 0 unspecified atom stereocenters. The van der Waals surface area contributed by atoms with Gasteiger partial charge in [-0.2, -0.15) is 0 Å². The van der Waals surface area contributed by atoms with Crippen LogP contribution in [0.5, 0.6) is 0 Å². The summed E-state index contributed by atoms with van der Waals surface area (Å²) in [5.41, 5.74) is 2.17. The van der Waals surface area contributed by atoms with Crippen LogP contribution in [0.4, 0.5) is 5.69 Å². The standard InChI is InChI=1S/C13H17BrN2O/c1-10-8-11(4-5-12(10)14)15-9-13(17)16-6-2-3-7-16/h4-5,8,15H,2-3,6-7,9H2,1H3. The molecular weight excluding hydrogens is 280 g/mol. The van der Waals surface area contributed by atoms with Crippen LogP contribution >= 0.6 is 15.9 Å². The fourth-order valence-corrected chi connectivity index (χ4v) is 2.26. The Bertz CT molecular complexity index is 414. The second-order valence-electron chi connectivity index (χ2n) is 4.41. The smallest absolute Gasteiger partial charge is 0.241 e. The van der Waals surface area contributed by atoms with E-state index < -0.39 is 0 Å². The van der Waals surface area contributed by atoms with E-state index in [1.807, 2.05) is 30.0 Å². The predicted octanol–water partition coefficient (Wildman–Crippen LogP) is 2.79. The third kappa shape index (κ3) is 3.22. The number of benzene rings is 1. The van der Waals surface area contributed by atoms with Gasteiger partial charge in [0.2, 0.25) is 5.91 Å². The lowest BCUT2D eigenvalue weighted by Gasteiger charge is -2.16. The highest BCUT2D eigenvalue weighted by Crippen LogP contribution is 2.19. The first-order valence-corrected chi connectivity index (χ1v) is 6.74. The van der Waals surface area contributed by atoms with E-state index >= 15 is 0 Å². The molecule has 1 aromatic carbocycles. The normalized spacial score (nSPS) is 15.1. The summed E-state index contributed by atoms with van der Waals surface area (Å²) in [5, 5.41) is 3.18. The molecule has 0 saturated carbocycles. The lowest BCUT2D eigenvalue weighted by molar-refractivity contribution is -0.128. The van der Waals surface area contributed by atoms with Gasteiger partial charge >= 0.3 is 0 Å². The van der Waals surface area contributed by atoms with Gasteiger partial charge in [0.05, 0.1) is 6.54 Å². The average Bonchev–Trinajstić information content (AvgIpc) is 2.84. The monoisotopic (exact) mass is 296 g/mol. The van der Waals surface area contributed by atoms with E-state index in [1.165, 1.54) is 5.56 Å². The highest BCUT2D eigenvalue weighted by atomic mass is 79.9. The molecule has 3 nitrogen and oxygen atoms in total. The van der Waals surface area contributed by atoms with Crippen molar-refractivity contribution >= 4 is 27.5 Å². The summed E-state index contributed by atoms with van der Waals surface area (Å²) in [6.45, 7) is 4.26. The van der Waals surface area contributed by atoms with E-state index in [-0.39, 0.29) is 5.91 Å². The highest BCUT2D eigenvalue weighted by molar-refractivity contribution is 9.10. The molecule has 92 valence electrons. The molecule has 1 fully saturated rings. The molecule has 0 radical (unpaired) electrons. The summed E-state index contributed by atoms with van der Waals surface area (Å²) in [6.07, 6.45) is 2.28. The summed E-state index contributed by atoms with van der Waals surface area (Å²) < 4.78 is 1.09. The number of anilines is 1. The topological polar surface area (TPSA) is 32.3 Å². The number of rotatable bonds is 3. The van der Waals surface area contributed by atoms with Gasteiger partial charge in [0.1, 0.15) is 0 Å². The Morgan fingerprint density at radius 3 is 2.76 bits per heavy atom. The van der Waals surface area contributed by atoms with E-state index in [9.17, 15) is 4.79 Å². The van der Waals surface area contributed by atoms with Crippen LogP contribution in [0.15, 0.2) is 22.7 Å². The minimum atomic E-state index is 0.197. The first-order valence-electron chi connectivity index (χ1n) is 5.94. The average molecular weight is 297 g/mol. The summed E-state index contributed by atoms with van der Waals surface area (Å²) in [6, 6.07) is 6.02. The molecule has 0 aliphatic carbocycles. The minimum Gasteiger partial charge on any atom is -0.376 e. The molecule has 2 rings (SSSR count). The Balaban J connectivity index is 1.88. The van der Waals surface area contributed by atoms with Crippen LogP contribution in [0.25, 0.3) is 0 Å². The molecule has 1 heterocycles. The van der Waals surface area contributed by atoms with Crippen LogP contribution in [0.3, 0.4) is 0 Å². The Morgan fingerprint density at radius 2 is 2.12 bits per heavy atom. The van der Waals surface area contributed by atoms with Crippen molar-refractivity contribution in [3.63, 3.8) is 0 Å². The molecule has 4 heteroatoms. The number of hydrogen-bond donors (Lipinski definition) is 1. The second-order valence-corrected chi connectivity index (χ2v) is 5.26. The fourth-order valence-electron chi connectivity index (χ4n) is 2.01. The van der Waals surface area contributed by atoms with E-state index in [0.29, 0.717) is 6.54 Å². The van der Waals surface area contributed by atoms with Crippen LogP contribution in [-0.2, 0) is 4.79 Å². The molecule has 0 spiro atoms. The first kappa shape index (κ1) is 12.4. The van der Waals surface area contributed by atoms with Crippen molar-refractivity contribution < 1.29 is 4.79 Å². The molecule has 1 aliphatic heterocycles. The fraction of sp³-hybridized carbons (Fsp3) is 0.462. The maximum Gasteiger partial charge on any atom is 0.241 e. The third-order valence-corrected chi connectivity index (χ3v) is 3.95. The van der Waals surface area contributed by atoms with E-state index in [4.69, 9.17) is 0 Å². The van der Waals surface area contributed by atoms with Crippen molar-refractivity contribution in [1.29, 1.82) is 0 Å². The van der Waals surface area contributed by atoms with Crippen molar-refractivity contribution in [3.05, 3.63) is 28.2 Å². The molecule has 0 atom stereocenters. The number of aryl methyl sites for hydroxylation is 1. The maximum absolute atomic E-state index is 11.8.